The fourth-order valence-electron chi connectivity index (χ4n) is 2.16. The lowest BCUT2D eigenvalue weighted by Gasteiger charge is -2.06. The predicted molar refractivity (Wildman–Crippen MR) is 81.7 cm³/mol. The van der Waals surface area contributed by atoms with Crippen molar-refractivity contribution in [3.63, 3.8) is 0 Å². The molecule has 0 spiro atoms. The summed E-state index contributed by atoms with van der Waals surface area (Å²) in [4.78, 5) is 7.67. The summed E-state index contributed by atoms with van der Waals surface area (Å²) >= 11 is 5.37. The van der Waals surface area contributed by atoms with E-state index in [1.807, 2.05) is 6.07 Å². The van der Waals surface area contributed by atoms with Crippen LogP contribution in [0.2, 0.25) is 0 Å². The topological polar surface area (TPSA) is 28.7 Å². The summed E-state index contributed by atoms with van der Waals surface area (Å²) in [5, 5.41) is 0.949. The molecule has 0 fully saturated rings. The summed E-state index contributed by atoms with van der Waals surface area (Å²) in [5.41, 5.74) is 2.99. The van der Waals surface area contributed by atoms with Crippen LogP contribution in [0.3, 0.4) is 0 Å². The molecule has 2 nitrogen and oxygen atoms in total. The number of benzene rings is 2. The number of aromatic amines is 1. The Hall–Kier alpha value is -2.07. The first kappa shape index (κ1) is 12.9. The van der Waals surface area contributed by atoms with Gasteiger partial charge in [-0.25, -0.2) is 9.37 Å². The van der Waals surface area contributed by atoms with Gasteiger partial charge in [0, 0.05) is 16.5 Å². The van der Waals surface area contributed by atoms with Crippen molar-refractivity contribution in [2.24, 2.45) is 0 Å². The van der Waals surface area contributed by atoms with Gasteiger partial charge in [-0.3, -0.25) is 0 Å². The molecule has 2 aromatic carbocycles. The minimum absolute atomic E-state index is 0.263. The second kappa shape index (κ2) is 5.13. The third kappa shape index (κ3) is 2.34. The van der Waals surface area contributed by atoms with E-state index >= 15 is 0 Å². The van der Waals surface area contributed by atoms with E-state index in [4.69, 9.17) is 12.2 Å². The molecule has 20 heavy (non-hydrogen) atoms. The van der Waals surface area contributed by atoms with Gasteiger partial charge in [0.1, 0.15) is 16.3 Å². The van der Waals surface area contributed by atoms with Crippen LogP contribution in [0.15, 0.2) is 42.5 Å². The Morgan fingerprint density at radius 1 is 1.15 bits per heavy atom. The lowest BCUT2D eigenvalue weighted by atomic mass is 10.1. The Morgan fingerprint density at radius 2 is 1.90 bits per heavy atom. The zero-order valence-corrected chi connectivity index (χ0v) is 11.8. The fraction of sp³-hybridized carbons (Fsp3) is 0.125. The van der Waals surface area contributed by atoms with Crippen LogP contribution in [0.4, 0.5) is 4.39 Å². The van der Waals surface area contributed by atoms with Crippen LogP contribution in [0.25, 0.3) is 22.3 Å². The molecule has 0 aliphatic heterocycles. The fourth-order valence-corrected chi connectivity index (χ4v) is 2.42. The molecule has 1 N–H and O–H groups in total. The summed E-state index contributed by atoms with van der Waals surface area (Å²) in [7, 11) is 0. The number of hydrogen-bond acceptors (Lipinski definition) is 2. The zero-order valence-electron chi connectivity index (χ0n) is 11.0. The first-order valence-electron chi connectivity index (χ1n) is 6.46. The molecular formula is C16H13FN2S. The van der Waals surface area contributed by atoms with Gasteiger partial charge in [-0.05, 0) is 48.4 Å². The predicted octanol–water partition coefficient (Wildman–Crippen LogP) is 4.66. The average Bonchev–Trinajstić information content (AvgIpc) is 2.47. The van der Waals surface area contributed by atoms with Gasteiger partial charge in [0.25, 0.3) is 0 Å². The Balaban J connectivity index is 2.19. The van der Waals surface area contributed by atoms with E-state index in [2.05, 4.69) is 29.0 Å². The van der Waals surface area contributed by atoms with Crippen LogP contribution in [-0.2, 0) is 6.42 Å². The van der Waals surface area contributed by atoms with Gasteiger partial charge in [0.05, 0.1) is 0 Å². The molecule has 4 heteroatoms. The SMILES string of the molecule is CCc1ccc2[nH]c(-c3ccc(F)cc3)nc(=S)c2c1. The van der Waals surface area contributed by atoms with E-state index in [0.29, 0.717) is 10.5 Å². The molecule has 100 valence electrons. The smallest absolute Gasteiger partial charge is 0.139 e. The zero-order chi connectivity index (χ0) is 14.1. The third-order valence-corrected chi connectivity index (χ3v) is 3.62. The van der Waals surface area contributed by atoms with Crippen LogP contribution >= 0.6 is 12.2 Å². The van der Waals surface area contributed by atoms with Gasteiger partial charge in [-0.2, -0.15) is 0 Å². The number of hydrogen-bond donors (Lipinski definition) is 1. The van der Waals surface area contributed by atoms with Gasteiger partial charge in [-0.1, -0.05) is 25.2 Å². The van der Waals surface area contributed by atoms with Crippen molar-refractivity contribution in [3.05, 3.63) is 58.5 Å². The normalized spacial score (nSPS) is 10.9. The Morgan fingerprint density at radius 3 is 2.60 bits per heavy atom. The molecule has 0 unspecified atom stereocenters. The highest BCUT2D eigenvalue weighted by Gasteiger charge is 2.05. The van der Waals surface area contributed by atoms with Crippen molar-refractivity contribution < 1.29 is 4.39 Å². The second-order valence-corrected chi connectivity index (χ2v) is 5.02. The first-order valence-corrected chi connectivity index (χ1v) is 6.87. The van der Waals surface area contributed by atoms with Crippen molar-refractivity contribution >= 4 is 23.1 Å². The molecule has 0 atom stereocenters. The van der Waals surface area contributed by atoms with Crippen LogP contribution in [0, 0.1) is 10.5 Å². The minimum Gasteiger partial charge on any atom is -0.339 e. The third-order valence-electron chi connectivity index (χ3n) is 3.31. The summed E-state index contributed by atoms with van der Waals surface area (Å²) in [5.74, 6) is 0.396. The summed E-state index contributed by atoms with van der Waals surface area (Å²) in [6.45, 7) is 2.11. The van der Waals surface area contributed by atoms with Crippen LogP contribution in [-0.4, -0.2) is 9.97 Å². The number of H-pyrrole nitrogens is 1. The standard InChI is InChI=1S/C16H13FN2S/c1-2-10-3-8-14-13(9-10)16(20)19-15(18-14)11-4-6-12(17)7-5-11/h3-9H,2H2,1H3,(H,18,19,20). The molecule has 3 rings (SSSR count). The average molecular weight is 284 g/mol. The molecular weight excluding hydrogens is 271 g/mol. The number of aryl methyl sites for hydroxylation is 1. The van der Waals surface area contributed by atoms with Crippen molar-refractivity contribution in [2.45, 2.75) is 13.3 Å². The number of halogens is 1. The molecule has 0 aliphatic carbocycles. The van der Waals surface area contributed by atoms with E-state index in [1.54, 1.807) is 12.1 Å². The monoisotopic (exact) mass is 284 g/mol. The molecule has 0 bridgehead atoms. The number of nitrogens with zero attached hydrogens (tertiary/aromatic N) is 1. The highest BCUT2D eigenvalue weighted by Crippen LogP contribution is 2.21. The van der Waals surface area contributed by atoms with Gasteiger partial charge < -0.3 is 4.98 Å². The highest BCUT2D eigenvalue weighted by atomic mass is 32.1. The van der Waals surface area contributed by atoms with Crippen LogP contribution in [0.5, 0.6) is 0 Å². The van der Waals surface area contributed by atoms with Crippen molar-refractivity contribution in [3.8, 4) is 11.4 Å². The quantitative estimate of drug-likeness (QED) is 0.693. The lowest BCUT2D eigenvalue weighted by Crippen LogP contribution is -1.93. The molecule has 0 saturated carbocycles. The van der Waals surface area contributed by atoms with Crippen molar-refractivity contribution in [1.29, 1.82) is 0 Å². The number of fused-ring (bicyclic) bond motifs is 1. The van der Waals surface area contributed by atoms with Gasteiger partial charge in [-0.15, -0.1) is 0 Å². The van der Waals surface area contributed by atoms with Crippen molar-refractivity contribution in [1.82, 2.24) is 9.97 Å². The molecule has 0 radical (unpaired) electrons. The maximum absolute atomic E-state index is 13.0. The van der Waals surface area contributed by atoms with Crippen molar-refractivity contribution in [2.75, 3.05) is 0 Å². The maximum atomic E-state index is 13.0. The maximum Gasteiger partial charge on any atom is 0.139 e. The minimum atomic E-state index is -0.263. The van der Waals surface area contributed by atoms with Gasteiger partial charge >= 0.3 is 0 Å². The van der Waals surface area contributed by atoms with Crippen LogP contribution in [0.1, 0.15) is 12.5 Å². The summed E-state index contributed by atoms with van der Waals surface area (Å²) in [6.07, 6.45) is 0.963. The Bertz CT molecular complexity index is 822. The largest absolute Gasteiger partial charge is 0.339 e. The van der Waals surface area contributed by atoms with Gasteiger partial charge in [0.15, 0.2) is 0 Å². The summed E-state index contributed by atoms with van der Waals surface area (Å²) < 4.78 is 13.5. The highest BCUT2D eigenvalue weighted by molar-refractivity contribution is 7.71. The number of aromatic nitrogens is 2. The summed E-state index contributed by atoms with van der Waals surface area (Å²) in [6, 6.07) is 12.4. The molecule has 1 aromatic heterocycles. The van der Waals surface area contributed by atoms with E-state index in [1.165, 1.54) is 17.7 Å². The van der Waals surface area contributed by atoms with E-state index < -0.39 is 0 Å². The molecule has 1 heterocycles. The second-order valence-electron chi connectivity index (χ2n) is 4.63. The molecule has 3 aromatic rings. The Kier molecular flexibility index (Phi) is 3.32. The van der Waals surface area contributed by atoms with Crippen LogP contribution < -0.4 is 0 Å². The molecule has 0 amide bonds. The number of nitrogens with one attached hydrogen (secondary N) is 1. The van der Waals surface area contributed by atoms with E-state index in [0.717, 1.165) is 22.9 Å². The lowest BCUT2D eigenvalue weighted by molar-refractivity contribution is 0.628. The van der Waals surface area contributed by atoms with E-state index in [9.17, 15) is 4.39 Å². The first-order chi connectivity index (χ1) is 9.67. The molecule has 0 aliphatic rings. The molecule has 0 saturated heterocycles. The van der Waals surface area contributed by atoms with Gasteiger partial charge in [0.2, 0.25) is 0 Å². The van der Waals surface area contributed by atoms with E-state index in [-0.39, 0.29) is 5.82 Å². The Labute approximate surface area is 121 Å². The number of rotatable bonds is 2.